The van der Waals surface area contributed by atoms with Crippen LogP contribution in [-0.2, 0) is 13.1 Å². The molecule has 0 aliphatic carbocycles. The number of likely N-dealkylation sites (tertiary alicyclic amines) is 1. The molecule has 1 atom stereocenters. The van der Waals surface area contributed by atoms with Crippen LogP contribution in [0.1, 0.15) is 39.2 Å². The first-order chi connectivity index (χ1) is 14.5. The van der Waals surface area contributed by atoms with Gasteiger partial charge in [0.15, 0.2) is 0 Å². The average Bonchev–Trinajstić information content (AvgIpc) is 3.27. The van der Waals surface area contributed by atoms with Crippen molar-refractivity contribution in [3.63, 3.8) is 0 Å². The molecule has 1 aromatic heterocycles. The highest BCUT2D eigenvalue weighted by molar-refractivity contribution is 6.33. The molecular formula is C24H27ClN4O. The van der Waals surface area contributed by atoms with Crippen LogP contribution >= 0.6 is 11.6 Å². The number of nitrogens with zero attached hydrogens (tertiary/aromatic N) is 3. The number of benzene rings is 2. The lowest BCUT2D eigenvalue weighted by Gasteiger charge is -2.17. The summed E-state index contributed by atoms with van der Waals surface area (Å²) in [5.74, 6) is -0.140. The lowest BCUT2D eigenvalue weighted by molar-refractivity contribution is 0.0937. The van der Waals surface area contributed by atoms with Crippen molar-refractivity contribution in [2.24, 2.45) is 0 Å². The van der Waals surface area contributed by atoms with Crippen LogP contribution in [0, 0.1) is 13.8 Å². The quantitative estimate of drug-likeness (QED) is 0.647. The van der Waals surface area contributed by atoms with Gasteiger partial charge in [-0.3, -0.25) is 9.69 Å². The normalized spacial score (nSPS) is 16.7. The lowest BCUT2D eigenvalue weighted by atomic mass is 10.1. The summed E-state index contributed by atoms with van der Waals surface area (Å²) < 4.78 is 1.70. The topological polar surface area (TPSA) is 50.2 Å². The summed E-state index contributed by atoms with van der Waals surface area (Å²) in [6.45, 7) is 7.15. The van der Waals surface area contributed by atoms with Gasteiger partial charge in [0, 0.05) is 25.7 Å². The molecule has 2 aromatic carbocycles. The van der Waals surface area contributed by atoms with Crippen LogP contribution in [0.15, 0.2) is 54.6 Å². The molecule has 1 unspecified atom stereocenters. The van der Waals surface area contributed by atoms with Gasteiger partial charge >= 0.3 is 0 Å². The average molecular weight is 423 g/mol. The molecule has 0 bridgehead atoms. The molecule has 0 spiro atoms. The summed E-state index contributed by atoms with van der Waals surface area (Å²) in [6.07, 6.45) is 0.937. The Labute approximate surface area is 182 Å². The number of rotatable bonds is 6. The highest BCUT2D eigenvalue weighted by atomic mass is 35.5. The maximum absolute atomic E-state index is 13.0. The summed E-state index contributed by atoms with van der Waals surface area (Å²) in [5, 5.41) is 8.06. The Bertz CT molecular complexity index is 1010. The van der Waals surface area contributed by atoms with Crippen molar-refractivity contribution in [1.82, 2.24) is 20.0 Å². The number of aryl methyl sites for hydroxylation is 2. The van der Waals surface area contributed by atoms with Gasteiger partial charge in [-0.2, -0.15) is 5.10 Å². The van der Waals surface area contributed by atoms with E-state index < -0.39 is 0 Å². The van der Waals surface area contributed by atoms with Crippen molar-refractivity contribution >= 4 is 17.5 Å². The van der Waals surface area contributed by atoms with E-state index in [0.717, 1.165) is 31.6 Å². The van der Waals surface area contributed by atoms with Gasteiger partial charge in [-0.1, -0.05) is 71.8 Å². The molecule has 156 valence electrons. The number of amides is 1. The van der Waals surface area contributed by atoms with Gasteiger partial charge < -0.3 is 5.32 Å². The molecule has 1 fully saturated rings. The maximum atomic E-state index is 13.0. The standard InChI is InChI=1S/C24H27ClN4O/c1-17-8-10-20(11-9-17)15-29-23(25)22(18(2)27-29)24(30)26-21-12-13-28(16-21)14-19-6-4-3-5-7-19/h3-11,21H,12-16H2,1-2H3,(H,26,30). The van der Waals surface area contributed by atoms with Crippen molar-refractivity contribution in [3.05, 3.63) is 87.7 Å². The van der Waals surface area contributed by atoms with Gasteiger partial charge in [-0.05, 0) is 31.4 Å². The zero-order valence-corrected chi connectivity index (χ0v) is 18.2. The minimum absolute atomic E-state index is 0.122. The smallest absolute Gasteiger partial charge is 0.256 e. The molecule has 0 saturated carbocycles. The summed E-state index contributed by atoms with van der Waals surface area (Å²) in [7, 11) is 0. The van der Waals surface area contributed by atoms with Gasteiger partial charge in [0.25, 0.3) is 5.91 Å². The van der Waals surface area contributed by atoms with Crippen LogP contribution < -0.4 is 5.32 Å². The van der Waals surface area contributed by atoms with Crippen molar-refractivity contribution in [3.8, 4) is 0 Å². The van der Waals surface area contributed by atoms with Crippen molar-refractivity contribution in [2.75, 3.05) is 13.1 Å². The van der Waals surface area contributed by atoms with E-state index in [0.29, 0.717) is 23.0 Å². The number of halogens is 1. The predicted molar refractivity (Wildman–Crippen MR) is 120 cm³/mol. The van der Waals surface area contributed by atoms with E-state index >= 15 is 0 Å². The van der Waals surface area contributed by atoms with Crippen LogP contribution in [-0.4, -0.2) is 39.7 Å². The minimum Gasteiger partial charge on any atom is -0.348 e. The summed E-state index contributed by atoms with van der Waals surface area (Å²) in [5.41, 5.74) is 4.73. The molecule has 4 rings (SSSR count). The van der Waals surface area contributed by atoms with E-state index in [-0.39, 0.29) is 11.9 Å². The van der Waals surface area contributed by atoms with E-state index in [1.165, 1.54) is 11.1 Å². The number of aromatic nitrogens is 2. The number of hydrogen-bond donors (Lipinski definition) is 1. The minimum atomic E-state index is -0.140. The maximum Gasteiger partial charge on any atom is 0.256 e. The number of nitrogens with one attached hydrogen (secondary N) is 1. The molecule has 2 heterocycles. The molecule has 1 aliphatic heterocycles. The summed E-state index contributed by atoms with van der Waals surface area (Å²) in [4.78, 5) is 15.3. The first kappa shape index (κ1) is 20.6. The molecule has 1 amide bonds. The molecule has 30 heavy (non-hydrogen) atoms. The molecular weight excluding hydrogens is 396 g/mol. The van der Waals surface area contributed by atoms with E-state index in [1.807, 2.05) is 13.0 Å². The van der Waals surface area contributed by atoms with Gasteiger partial charge in [-0.25, -0.2) is 4.68 Å². The summed E-state index contributed by atoms with van der Waals surface area (Å²) >= 11 is 6.56. The molecule has 1 aliphatic rings. The molecule has 1 N–H and O–H groups in total. The third-order valence-corrected chi connectivity index (χ3v) is 5.99. The summed E-state index contributed by atoms with van der Waals surface area (Å²) in [6, 6.07) is 18.8. The zero-order chi connectivity index (χ0) is 21.1. The van der Waals surface area contributed by atoms with Crippen LogP contribution in [0.3, 0.4) is 0 Å². The van der Waals surface area contributed by atoms with Crippen molar-refractivity contribution in [2.45, 2.75) is 39.4 Å². The fourth-order valence-electron chi connectivity index (χ4n) is 3.98. The zero-order valence-electron chi connectivity index (χ0n) is 17.4. The van der Waals surface area contributed by atoms with E-state index in [1.54, 1.807) is 4.68 Å². The Morgan fingerprint density at radius 2 is 1.77 bits per heavy atom. The molecule has 5 nitrogen and oxygen atoms in total. The molecule has 6 heteroatoms. The molecule has 1 saturated heterocycles. The fourth-order valence-corrected chi connectivity index (χ4v) is 4.30. The largest absolute Gasteiger partial charge is 0.348 e. The number of carbonyl (C=O) groups excluding carboxylic acids is 1. The van der Waals surface area contributed by atoms with E-state index in [9.17, 15) is 4.79 Å². The van der Waals surface area contributed by atoms with E-state index in [2.05, 4.69) is 70.8 Å². The third-order valence-electron chi connectivity index (χ3n) is 5.60. The highest BCUT2D eigenvalue weighted by Gasteiger charge is 2.27. The van der Waals surface area contributed by atoms with Crippen LogP contribution in [0.25, 0.3) is 0 Å². The Hall–Kier alpha value is -2.63. The van der Waals surface area contributed by atoms with Crippen molar-refractivity contribution < 1.29 is 4.79 Å². The van der Waals surface area contributed by atoms with Crippen LogP contribution in [0.5, 0.6) is 0 Å². The van der Waals surface area contributed by atoms with Gasteiger partial charge in [0.1, 0.15) is 5.15 Å². The van der Waals surface area contributed by atoms with Crippen LogP contribution in [0.2, 0.25) is 5.15 Å². The van der Waals surface area contributed by atoms with Gasteiger partial charge in [-0.15, -0.1) is 0 Å². The van der Waals surface area contributed by atoms with Crippen LogP contribution in [0.4, 0.5) is 0 Å². The Balaban J connectivity index is 1.39. The second-order valence-electron chi connectivity index (χ2n) is 8.07. The third kappa shape index (κ3) is 4.74. The van der Waals surface area contributed by atoms with Crippen molar-refractivity contribution in [1.29, 1.82) is 0 Å². The highest BCUT2D eigenvalue weighted by Crippen LogP contribution is 2.22. The van der Waals surface area contributed by atoms with E-state index in [4.69, 9.17) is 11.6 Å². The predicted octanol–water partition coefficient (Wildman–Crippen LogP) is 4.21. The lowest BCUT2D eigenvalue weighted by Crippen LogP contribution is -2.37. The SMILES string of the molecule is Cc1ccc(Cn2nc(C)c(C(=O)NC3CCN(Cc4ccccc4)C3)c2Cl)cc1. The number of hydrogen-bond acceptors (Lipinski definition) is 3. The first-order valence-corrected chi connectivity index (χ1v) is 10.7. The van der Waals surface area contributed by atoms with Gasteiger partial charge in [0.05, 0.1) is 17.8 Å². The Kier molecular flexibility index (Phi) is 6.21. The van der Waals surface area contributed by atoms with Gasteiger partial charge in [0.2, 0.25) is 0 Å². The molecule has 3 aromatic rings. The second-order valence-corrected chi connectivity index (χ2v) is 8.43. The fraction of sp³-hybridized carbons (Fsp3) is 0.333. The Morgan fingerprint density at radius 3 is 2.50 bits per heavy atom. The first-order valence-electron chi connectivity index (χ1n) is 10.3. The second kappa shape index (κ2) is 9.02. The molecule has 0 radical (unpaired) electrons. The Morgan fingerprint density at radius 1 is 1.07 bits per heavy atom. The monoisotopic (exact) mass is 422 g/mol. The number of carbonyl (C=O) groups is 1.